The highest BCUT2D eigenvalue weighted by molar-refractivity contribution is 7.89. The van der Waals surface area contributed by atoms with Crippen LogP contribution in [0.3, 0.4) is 0 Å². The van der Waals surface area contributed by atoms with E-state index in [0.29, 0.717) is 24.1 Å². The van der Waals surface area contributed by atoms with Gasteiger partial charge in [-0.25, -0.2) is 17.5 Å². The summed E-state index contributed by atoms with van der Waals surface area (Å²) in [6.07, 6.45) is 2.94. The number of nitrogens with zero attached hydrogens (tertiary/aromatic N) is 1. The van der Waals surface area contributed by atoms with E-state index < -0.39 is 16.1 Å². The quantitative estimate of drug-likeness (QED) is 0.327. The Hall–Kier alpha value is -3.56. The number of rotatable bonds is 13. The molecule has 9 heteroatoms. The van der Waals surface area contributed by atoms with Crippen LogP contribution in [0.15, 0.2) is 83.8 Å². The number of hydrogen-bond acceptors (Lipinski definition) is 4. The number of benzene rings is 3. The molecule has 39 heavy (non-hydrogen) atoms. The Kier molecular flexibility index (Phi) is 9.48. The first-order valence-corrected chi connectivity index (χ1v) is 14.7. The predicted molar refractivity (Wildman–Crippen MR) is 148 cm³/mol. The number of nitrogens with one attached hydrogen (secondary N) is 2. The number of halogens is 1. The Morgan fingerprint density at radius 1 is 0.949 bits per heavy atom. The lowest BCUT2D eigenvalue weighted by molar-refractivity contribution is -0.141. The lowest BCUT2D eigenvalue weighted by atomic mass is 10.0. The van der Waals surface area contributed by atoms with Gasteiger partial charge < -0.3 is 10.2 Å². The van der Waals surface area contributed by atoms with Crippen LogP contribution in [0.4, 0.5) is 4.39 Å². The van der Waals surface area contributed by atoms with Crippen molar-refractivity contribution in [1.29, 1.82) is 0 Å². The zero-order chi connectivity index (χ0) is 27.8. The van der Waals surface area contributed by atoms with Gasteiger partial charge in [-0.05, 0) is 66.6 Å². The Labute approximate surface area is 229 Å². The van der Waals surface area contributed by atoms with Crippen LogP contribution >= 0.6 is 0 Å². The van der Waals surface area contributed by atoms with E-state index in [4.69, 9.17) is 0 Å². The first kappa shape index (κ1) is 28.4. The van der Waals surface area contributed by atoms with Crippen LogP contribution < -0.4 is 10.0 Å². The van der Waals surface area contributed by atoms with Crippen LogP contribution in [0, 0.1) is 5.82 Å². The van der Waals surface area contributed by atoms with E-state index in [1.165, 1.54) is 17.0 Å². The van der Waals surface area contributed by atoms with Crippen molar-refractivity contribution in [3.05, 3.63) is 101 Å². The van der Waals surface area contributed by atoms with Crippen LogP contribution in [0.25, 0.3) is 0 Å². The molecule has 1 aliphatic carbocycles. The molecule has 0 radical (unpaired) electrons. The summed E-state index contributed by atoms with van der Waals surface area (Å²) in [5.74, 6) is -0.905. The number of hydrogen-bond donors (Lipinski definition) is 2. The number of carbonyl (C=O) groups is 2. The summed E-state index contributed by atoms with van der Waals surface area (Å²) < 4.78 is 41.1. The highest BCUT2D eigenvalue weighted by Gasteiger charge is 2.31. The van der Waals surface area contributed by atoms with Gasteiger partial charge in [0.15, 0.2) is 0 Å². The first-order chi connectivity index (χ1) is 18.8. The monoisotopic (exact) mass is 551 g/mol. The number of sulfonamides is 1. The molecular formula is C30H34FN3O4S. The van der Waals surface area contributed by atoms with E-state index in [0.717, 1.165) is 24.8 Å². The molecule has 2 amide bonds. The molecule has 1 atom stereocenters. The first-order valence-electron chi connectivity index (χ1n) is 13.2. The minimum Gasteiger partial charge on any atom is -0.354 e. The van der Waals surface area contributed by atoms with Crippen molar-refractivity contribution in [2.24, 2.45) is 0 Å². The van der Waals surface area contributed by atoms with Gasteiger partial charge in [0.25, 0.3) is 0 Å². The molecule has 2 N–H and O–H groups in total. The van der Waals surface area contributed by atoms with Gasteiger partial charge in [-0.3, -0.25) is 9.59 Å². The molecule has 0 spiro atoms. The fourth-order valence-corrected chi connectivity index (χ4v) is 5.59. The van der Waals surface area contributed by atoms with E-state index >= 15 is 0 Å². The van der Waals surface area contributed by atoms with E-state index in [1.807, 2.05) is 37.3 Å². The van der Waals surface area contributed by atoms with Crippen LogP contribution in [-0.4, -0.2) is 37.7 Å². The zero-order valence-electron chi connectivity index (χ0n) is 22.0. The summed E-state index contributed by atoms with van der Waals surface area (Å²) in [5, 5.41) is 2.92. The maximum absolute atomic E-state index is 13.7. The van der Waals surface area contributed by atoms with Crippen molar-refractivity contribution in [2.75, 3.05) is 6.54 Å². The fourth-order valence-electron chi connectivity index (χ4n) is 4.28. The Balaban J connectivity index is 1.55. The molecule has 206 valence electrons. The average Bonchev–Trinajstić information content (AvgIpc) is 3.75. The lowest BCUT2D eigenvalue weighted by Crippen LogP contribution is -2.43. The molecule has 0 aliphatic heterocycles. The largest absolute Gasteiger partial charge is 0.354 e. The minimum absolute atomic E-state index is 0.0199. The topological polar surface area (TPSA) is 95.6 Å². The van der Waals surface area contributed by atoms with Gasteiger partial charge in [-0.1, -0.05) is 61.5 Å². The third-order valence-electron chi connectivity index (χ3n) is 6.57. The number of carbonyl (C=O) groups excluding carboxylic acids is 2. The lowest BCUT2D eigenvalue weighted by Gasteiger charge is -2.32. The second-order valence-corrected chi connectivity index (χ2v) is 11.5. The normalized spacial score (nSPS) is 14.0. The molecule has 0 aromatic heterocycles. The van der Waals surface area contributed by atoms with Gasteiger partial charge in [0.05, 0.1) is 4.90 Å². The van der Waals surface area contributed by atoms with Gasteiger partial charge in [0.2, 0.25) is 21.8 Å². The van der Waals surface area contributed by atoms with Crippen molar-refractivity contribution in [2.45, 2.75) is 62.6 Å². The van der Waals surface area contributed by atoms with Gasteiger partial charge in [-0.2, -0.15) is 0 Å². The van der Waals surface area contributed by atoms with Crippen molar-refractivity contribution in [3.8, 4) is 0 Å². The molecule has 1 saturated carbocycles. The molecule has 3 aromatic carbocycles. The summed E-state index contributed by atoms with van der Waals surface area (Å²) in [6, 6.07) is 20.7. The Morgan fingerprint density at radius 3 is 2.21 bits per heavy atom. The SMILES string of the molecule is CCCNC(=O)C(c1ccccc1)N(Cc1ccc(F)cc1)C(=O)CCc1ccc(S(=O)(=O)NC2CC2)cc1. The molecule has 0 saturated heterocycles. The van der Waals surface area contributed by atoms with E-state index in [1.54, 1.807) is 36.4 Å². The highest BCUT2D eigenvalue weighted by atomic mass is 32.2. The van der Waals surface area contributed by atoms with Crippen molar-refractivity contribution in [3.63, 3.8) is 0 Å². The standard InChI is InChI=1S/C30H34FN3O4S/c1-2-20-32-30(36)29(24-6-4-3-5-7-24)34(21-23-8-13-25(31)14-9-23)28(35)19-12-22-10-17-27(18-11-22)39(37,38)33-26-15-16-26/h3-11,13-14,17-18,26,29,33H,2,12,15-16,19-21H2,1H3,(H,32,36). The third kappa shape index (κ3) is 7.97. The van der Waals surface area contributed by atoms with Crippen LogP contribution in [-0.2, 0) is 32.6 Å². The molecule has 7 nitrogen and oxygen atoms in total. The predicted octanol–water partition coefficient (Wildman–Crippen LogP) is 4.50. The van der Waals surface area contributed by atoms with E-state index in [-0.39, 0.29) is 41.5 Å². The van der Waals surface area contributed by atoms with Crippen molar-refractivity contribution in [1.82, 2.24) is 14.9 Å². The molecule has 1 unspecified atom stereocenters. The Morgan fingerprint density at radius 2 is 1.59 bits per heavy atom. The number of aryl methyl sites for hydroxylation is 1. The number of amides is 2. The van der Waals surface area contributed by atoms with Gasteiger partial charge in [0.1, 0.15) is 11.9 Å². The fraction of sp³-hybridized carbons (Fsp3) is 0.333. The molecule has 1 aliphatic rings. The van der Waals surface area contributed by atoms with Crippen LogP contribution in [0.1, 0.15) is 55.3 Å². The average molecular weight is 552 g/mol. The maximum atomic E-state index is 13.7. The summed E-state index contributed by atoms with van der Waals surface area (Å²) in [4.78, 5) is 28.8. The Bertz CT molecular complexity index is 1360. The highest BCUT2D eigenvalue weighted by Crippen LogP contribution is 2.26. The van der Waals surface area contributed by atoms with E-state index in [9.17, 15) is 22.4 Å². The second-order valence-electron chi connectivity index (χ2n) is 9.79. The maximum Gasteiger partial charge on any atom is 0.247 e. The van der Waals surface area contributed by atoms with Gasteiger partial charge in [0, 0.05) is 25.6 Å². The summed E-state index contributed by atoms with van der Waals surface area (Å²) in [7, 11) is -3.55. The third-order valence-corrected chi connectivity index (χ3v) is 8.11. The summed E-state index contributed by atoms with van der Waals surface area (Å²) >= 11 is 0. The summed E-state index contributed by atoms with van der Waals surface area (Å²) in [6.45, 7) is 2.56. The van der Waals surface area contributed by atoms with Gasteiger partial charge >= 0.3 is 0 Å². The van der Waals surface area contributed by atoms with Crippen LogP contribution in [0.2, 0.25) is 0 Å². The van der Waals surface area contributed by atoms with E-state index in [2.05, 4.69) is 10.0 Å². The smallest absolute Gasteiger partial charge is 0.247 e. The molecule has 0 bridgehead atoms. The molecule has 4 rings (SSSR count). The van der Waals surface area contributed by atoms with Crippen molar-refractivity contribution >= 4 is 21.8 Å². The van der Waals surface area contributed by atoms with Crippen molar-refractivity contribution < 1.29 is 22.4 Å². The molecule has 0 heterocycles. The molecule has 1 fully saturated rings. The van der Waals surface area contributed by atoms with Crippen LogP contribution in [0.5, 0.6) is 0 Å². The summed E-state index contributed by atoms with van der Waals surface area (Å²) in [5.41, 5.74) is 2.19. The van der Waals surface area contributed by atoms with Gasteiger partial charge in [-0.15, -0.1) is 0 Å². The zero-order valence-corrected chi connectivity index (χ0v) is 22.8. The molecular weight excluding hydrogens is 517 g/mol. The molecule has 3 aromatic rings. The second kappa shape index (κ2) is 13.0. The minimum atomic E-state index is -3.55.